The molecular formula is C14H22N6S. The van der Waals surface area contributed by atoms with Crippen LogP contribution in [0.1, 0.15) is 43.7 Å². The molecule has 21 heavy (non-hydrogen) atoms. The molecule has 1 fully saturated rings. The molecule has 0 bridgehead atoms. The number of aryl methyl sites for hydroxylation is 1. The van der Waals surface area contributed by atoms with Crippen LogP contribution in [-0.2, 0) is 13.6 Å². The highest BCUT2D eigenvalue weighted by molar-refractivity contribution is 7.71. The number of H-pyrrole nitrogens is 1. The summed E-state index contributed by atoms with van der Waals surface area (Å²) >= 11 is 5.44. The van der Waals surface area contributed by atoms with Crippen molar-refractivity contribution in [3.05, 3.63) is 22.7 Å². The van der Waals surface area contributed by atoms with Gasteiger partial charge in [0.25, 0.3) is 0 Å². The Morgan fingerprint density at radius 1 is 1.38 bits per heavy atom. The lowest BCUT2D eigenvalue weighted by Gasteiger charge is -2.26. The first-order valence-electron chi connectivity index (χ1n) is 7.50. The van der Waals surface area contributed by atoms with Crippen molar-refractivity contribution in [2.45, 2.75) is 44.7 Å². The van der Waals surface area contributed by atoms with Crippen LogP contribution < -0.4 is 4.90 Å². The molecule has 0 atom stereocenters. The van der Waals surface area contributed by atoms with Crippen LogP contribution in [-0.4, -0.2) is 31.6 Å². The highest BCUT2D eigenvalue weighted by atomic mass is 32.1. The average Bonchev–Trinajstić information content (AvgIpc) is 3.06. The predicted molar refractivity (Wildman–Crippen MR) is 84.8 cm³/mol. The minimum atomic E-state index is 0.483. The summed E-state index contributed by atoms with van der Waals surface area (Å²) in [4.78, 5) is 2.14. The second-order valence-corrected chi connectivity index (χ2v) is 6.26. The lowest BCUT2D eigenvalue weighted by molar-refractivity contribution is 0.350. The fourth-order valence-electron chi connectivity index (χ4n) is 3.13. The average molecular weight is 306 g/mol. The molecule has 0 aromatic carbocycles. The van der Waals surface area contributed by atoms with Crippen molar-refractivity contribution < 1.29 is 0 Å². The van der Waals surface area contributed by atoms with E-state index in [-0.39, 0.29) is 0 Å². The van der Waals surface area contributed by atoms with Crippen molar-refractivity contribution in [3.8, 4) is 0 Å². The van der Waals surface area contributed by atoms with E-state index in [2.05, 4.69) is 31.8 Å². The van der Waals surface area contributed by atoms with E-state index < -0.39 is 0 Å². The first-order valence-corrected chi connectivity index (χ1v) is 7.91. The Hall–Kier alpha value is -1.63. The van der Waals surface area contributed by atoms with Gasteiger partial charge in [-0.15, -0.1) is 5.10 Å². The monoisotopic (exact) mass is 306 g/mol. The van der Waals surface area contributed by atoms with Crippen LogP contribution in [0.25, 0.3) is 0 Å². The fourth-order valence-corrected chi connectivity index (χ4v) is 3.41. The van der Waals surface area contributed by atoms with Crippen molar-refractivity contribution >= 4 is 18.2 Å². The first-order chi connectivity index (χ1) is 10.1. The Kier molecular flexibility index (Phi) is 4.10. The van der Waals surface area contributed by atoms with Gasteiger partial charge in [0.1, 0.15) is 0 Å². The quantitative estimate of drug-likeness (QED) is 0.883. The Morgan fingerprint density at radius 2 is 2.14 bits per heavy atom. The van der Waals surface area contributed by atoms with Crippen LogP contribution in [0, 0.1) is 4.77 Å². The summed E-state index contributed by atoms with van der Waals surface area (Å²) in [5.74, 6) is 0.927. The normalized spacial score (nSPS) is 16.3. The van der Waals surface area contributed by atoms with E-state index in [1.807, 2.05) is 24.1 Å². The third kappa shape index (κ3) is 3.02. The van der Waals surface area contributed by atoms with Crippen LogP contribution in [0.4, 0.5) is 5.95 Å². The molecule has 0 unspecified atom stereocenters. The van der Waals surface area contributed by atoms with E-state index >= 15 is 0 Å². The maximum absolute atomic E-state index is 5.44. The van der Waals surface area contributed by atoms with Gasteiger partial charge in [0, 0.05) is 38.4 Å². The highest BCUT2D eigenvalue weighted by Crippen LogP contribution is 2.31. The molecule has 0 aliphatic heterocycles. The van der Waals surface area contributed by atoms with Gasteiger partial charge < -0.3 is 4.90 Å². The van der Waals surface area contributed by atoms with Gasteiger partial charge in [0.05, 0.1) is 6.20 Å². The van der Waals surface area contributed by atoms with Gasteiger partial charge >= 0.3 is 0 Å². The number of nitrogens with zero attached hydrogens (tertiary/aromatic N) is 5. The number of aromatic amines is 1. The van der Waals surface area contributed by atoms with E-state index in [9.17, 15) is 0 Å². The molecule has 0 saturated heterocycles. The third-order valence-corrected chi connectivity index (χ3v) is 4.43. The van der Waals surface area contributed by atoms with Crippen molar-refractivity contribution in [1.29, 1.82) is 0 Å². The Morgan fingerprint density at radius 3 is 2.81 bits per heavy atom. The molecule has 2 heterocycles. The maximum atomic E-state index is 5.44. The SMILES string of the molecule is CN(Cc1cnn(C)c1)c1n[nH]c(=S)n1C1CCCCC1. The van der Waals surface area contributed by atoms with Gasteiger partial charge in [-0.25, -0.2) is 5.10 Å². The summed E-state index contributed by atoms with van der Waals surface area (Å²) in [5, 5.41) is 11.6. The molecule has 0 amide bonds. The topological polar surface area (TPSA) is 54.7 Å². The number of rotatable bonds is 4. The van der Waals surface area contributed by atoms with Gasteiger partial charge in [-0.05, 0) is 25.1 Å². The molecular weight excluding hydrogens is 284 g/mol. The molecule has 7 heteroatoms. The summed E-state index contributed by atoms with van der Waals surface area (Å²) in [6, 6.07) is 0.483. The van der Waals surface area contributed by atoms with E-state index in [0.717, 1.165) is 17.3 Å². The van der Waals surface area contributed by atoms with Crippen LogP contribution in [0.2, 0.25) is 0 Å². The smallest absolute Gasteiger partial charge is 0.226 e. The highest BCUT2D eigenvalue weighted by Gasteiger charge is 2.21. The lowest BCUT2D eigenvalue weighted by atomic mass is 9.95. The molecule has 0 radical (unpaired) electrons. The second-order valence-electron chi connectivity index (χ2n) is 5.87. The molecule has 2 aromatic rings. The second kappa shape index (κ2) is 6.01. The number of anilines is 1. The minimum absolute atomic E-state index is 0.483. The van der Waals surface area contributed by atoms with Crippen LogP contribution in [0.15, 0.2) is 12.4 Å². The zero-order valence-electron chi connectivity index (χ0n) is 12.6. The molecule has 2 aromatic heterocycles. The van der Waals surface area contributed by atoms with Gasteiger partial charge in [-0.2, -0.15) is 5.10 Å². The molecule has 3 rings (SSSR count). The summed E-state index contributed by atoms with van der Waals surface area (Å²) in [6.45, 7) is 0.778. The van der Waals surface area contributed by atoms with Gasteiger partial charge in [-0.1, -0.05) is 19.3 Å². The van der Waals surface area contributed by atoms with Crippen LogP contribution in [0.5, 0.6) is 0 Å². The molecule has 0 spiro atoms. The largest absolute Gasteiger partial charge is 0.340 e. The van der Waals surface area contributed by atoms with E-state index in [4.69, 9.17) is 12.2 Å². The van der Waals surface area contributed by atoms with Gasteiger partial charge in [-0.3, -0.25) is 9.25 Å². The zero-order valence-corrected chi connectivity index (χ0v) is 13.4. The Balaban J connectivity index is 1.82. The Labute approximate surface area is 129 Å². The summed E-state index contributed by atoms with van der Waals surface area (Å²) in [6.07, 6.45) is 10.2. The molecule has 114 valence electrons. The number of hydrogen-bond donors (Lipinski definition) is 1. The number of aromatic nitrogens is 5. The molecule has 6 nitrogen and oxygen atoms in total. The van der Waals surface area contributed by atoms with Crippen molar-refractivity contribution in [2.75, 3.05) is 11.9 Å². The lowest BCUT2D eigenvalue weighted by Crippen LogP contribution is -2.23. The number of hydrogen-bond acceptors (Lipinski definition) is 4. The minimum Gasteiger partial charge on any atom is -0.340 e. The van der Waals surface area contributed by atoms with E-state index in [0.29, 0.717) is 6.04 Å². The van der Waals surface area contributed by atoms with E-state index in [1.54, 1.807) is 0 Å². The van der Waals surface area contributed by atoms with Crippen LogP contribution in [0.3, 0.4) is 0 Å². The molecule has 1 aliphatic carbocycles. The summed E-state index contributed by atoms with van der Waals surface area (Å²) in [5.41, 5.74) is 1.17. The standard InChI is InChI=1S/C14H22N6S/c1-18(9-11-8-15-19(2)10-11)13-16-17-14(21)20(13)12-6-4-3-5-7-12/h8,10,12H,3-7,9H2,1-2H3,(H,17,21). The molecule has 1 N–H and O–H groups in total. The van der Waals surface area contributed by atoms with Crippen molar-refractivity contribution in [3.63, 3.8) is 0 Å². The van der Waals surface area contributed by atoms with Crippen LogP contribution >= 0.6 is 12.2 Å². The van der Waals surface area contributed by atoms with E-state index in [1.165, 1.54) is 37.7 Å². The van der Waals surface area contributed by atoms with Crippen molar-refractivity contribution in [2.24, 2.45) is 7.05 Å². The maximum Gasteiger partial charge on any atom is 0.226 e. The molecule has 1 aliphatic rings. The first kappa shape index (κ1) is 14.3. The van der Waals surface area contributed by atoms with Crippen molar-refractivity contribution in [1.82, 2.24) is 24.5 Å². The fraction of sp³-hybridized carbons (Fsp3) is 0.643. The zero-order chi connectivity index (χ0) is 14.8. The number of nitrogens with one attached hydrogen (secondary N) is 1. The molecule has 1 saturated carbocycles. The summed E-state index contributed by atoms with van der Waals surface area (Å²) < 4.78 is 4.75. The third-order valence-electron chi connectivity index (χ3n) is 4.15. The predicted octanol–water partition coefficient (Wildman–Crippen LogP) is 2.82. The Bertz CT molecular complexity index is 648. The van der Waals surface area contributed by atoms with Gasteiger partial charge in [0.2, 0.25) is 5.95 Å². The summed E-state index contributed by atoms with van der Waals surface area (Å²) in [7, 11) is 3.98. The van der Waals surface area contributed by atoms with Gasteiger partial charge in [0.15, 0.2) is 4.77 Å².